The van der Waals surface area contributed by atoms with Crippen molar-refractivity contribution in [1.29, 1.82) is 0 Å². The largest absolute Gasteiger partial charge is 0.305 e. The summed E-state index contributed by atoms with van der Waals surface area (Å²) in [6.07, 6.45) is 3.32. The first-order valence-electron chi connectivity index (χ1n) is 16.8. The Morgan fingerprint density at radius 2 is 1.49 bits per heavy atom. The summed E-state index contributed by atoms with van der Waals surface area (Å²) in [6, 6.07) is 35.0. The van der Waals surface area contributed by atoms with Gasteiger partial charge in [0, 0.05) is 37.9 Å². The SMILES string of the molecule is Cc1cc(C)c(-c2cc(-c3[c-]ccc4c3sc3ccccc34)ncc2F)c(C)c1.[2H]C(C)(C)c1cc(-c2[c-]cccc2)ncc1[Si](C)(C)C.[Ir]. The molecular formula is C43H41FIrN2SSi-2. The van der Waals surface area contributed by atoms with Crippen LogP contribution < -0.4 is 5.19 Å². The molecule has 0 spiro atoms. The molecule has 0 saturated heterocycles. The van der Waals surface area contributed by atoms with Gasteiger partial charge in [0.25, 0.3) is 0 Å². The third-order valence-electron chi connectivity index (χ3n) is 8.63. The molecule has 7 aromatic rings. The predicted molar refractivity (Wildman–Crippen MR) is 207 cm³/mol. The van der Waals surface area contributed by atoms with Gasteiger partial charge < -0.3 is 9.97 Å². The molecule has 0 saturated carbocycles. The second-order valence-electron chi connectivity index (χ2n) is 13.7. The summed E-state index contributed by atoms with van der Waals surface area (Å²) >= 11 is 1.73. The maximum absolute atomic E-state index is 14.8. The van der Waals surface area contributed by atoms with Crippen LogP contribution in [0, 0.1) is 38.7 Å². The number of hydrogen-bond donors (Lipinski definition) is 0. The number of fused-ring (bicyclic) bond motifs is 3. The zero-order valence-corrected chi connectivity index (χ0v) is 33.5. The molecule has 0 fully saturated rings. The Bertz CT molecular complexity index is 2280. The summed E-state index contributed by atoms with van der Waals surface area (Å²) in [5.74, 6) is -0.908. The molecule has 49 heavy (non-hydrogen) atoms. The van der Waals surface area contributed by atoms with E-state index in [1.165, 1.54) is 32.4 Å². The number of pyridine rings is 2. The van der Waals surface area contributed by atoms with E-state index in [2.05, 4.69) is 97.2 Å². The van der Waals surface area contributed by atoms with Crippen molar-refractivity contribution in [2.45, 2.75) is 60.2 Å². The fourth-order valence-electron chi connectivity index (χ4n) is 6.42. The summed E-state index contributed by atoms with van der Waals surface area (Å²) in [5.41, 5.74) is 9.52. The van der Waals surface area contributed by atoms with Gasteiger partial charge in [-0.1, -0.05) is 92.5 Å². The Morgan fingerprint density at radius 1 is 0.796 bits per heavy atom. The number of nitrogens with zero attached hydrogens (tertiary/aromatic N) is 2. The van der Waals surface area contributed by atoms with Crippen LogP contribution in [0.15, 0.2) is 97.3 Å². The maximum Gasteiger partial charge on any atom is 0.147 e. The minimum Gasteiger partial charge on any atom is -0.305 e. The molecule has 251 valence electrons. The second-order valence-corrected chi connectivity index (χ2v) is 19.7. The third kappa shape index (κ3) is 7.68. The molecule has 0 aliphatic heterocycles. The summed E-state index contributed by atoms with van der Waals surface area (Å²) in [4.78, 5) is 9.04. The minimum atomic E-state index is -1.50. The van der Waals surface area contributed by atoms with Gasteiger partial charge in [0.1, 0.15) is 5.82 Å². The second kappa shape index (κ2) is 15.0. The first-order chi connectivity index (χ1) is 23.2. The van der Waals surface area contributed by atoms with Gasteiger partial charge in [-0.3, -0.25) is 0 Å². The van der Waals surface area contributed by atoms with E-state index in [1.807, 2.05) is 70.3 Å². The van der Waals surface area contributed by atoms with Crippen LogP contribution >= 0.6 is 11.3 Å². The van der Waals surface area contributed by atoms with Crippen molar-refractivity contribution in [3.63, 3.8) is 0 Å². The fourth-order valence-corrected chi connectivity index (χ4v) is 9.21. The quantitative estimate of drug-likeness (QED) is 0.127. The van der Waals surface area contributed by atoms with Crippen molar-refractivity contribution in [3.05, 3.63) is 138 Å². The molecule has 0 bridgehead atoms. The molecule has 0 aliphatic rings. The van der Waals surface area contributed by atoms with Crippen LogP contribution in [0.4, 0.5) is 4.39 Å². The molecule has 4 aromatic carbocycles. The molecule has 6 heteroatoms. The van der Waals surface area contributed by atoms with Crippen LogP contribution in [-0.2, 0) is 20.1 Å². The van der Waals surface area contributed by atoms with Gasteiger partial charge in [-0.15, -0.1) is 59.7 Å². The molecule has 1 radical (unpaired) electrons. The van der Waals surface area contributed by atoms with E-state index >= 15 is 0 Å². The monoisotopic (exact) mass is 858 g/mol. The molecule has 0 amide bonds. The molecule has 0 N–H and O–H groups in total. The van der Waals surface area contributed by atoms with E-state index < -0.39 is 14.0 Å². The molecule has 0 unspecified atom stereocenters. The minimum absolute atomic E-state index is 0. The topological polar surface area (TPSA) is 25.8 Å². The van der Waals surface area contributed by atoms with Gasteiger partial charge in [0.15, 0.2) is 0 Å². The number of halogens is 1. The van der Waals surface area contributed by atoms with Gasteiger partial charge >= 0.3 is 0 Å². The van der Waals surface area contributed by atoms with Crippen molar-refractivity contribution in [2.24, 2.45) is 0 Å². The zero-order valence-electron chi connectivity index (χ0n) is 30.3. The van der Waals surface area contributed by atoms with Crippen LogP contribution in [0.5, 0.6) is 0 Å². The van der Waals surface area contributed by atoms with Gasteiger partial charge in [0.05, 0.1) is 14.3 Å². The Hall–Kier alpha value is -3.80. The third-order valence-corrected chi connectivity index (χ3v) is 11.9. The van der Waals surface area contributed by atoms with Gasteiger partial charge in [-0.05, 0) is 76.1 Å². The van der Waals surface area contributed by atoms with Crippen molar-refractivity contribution in [2.75, 3.05) is 0 Å². The Labute approximate surface area is 310 Å². The number of benzene rings is 4. The van der Waals surface area contributed by atoms with Gasteiger partial charge in [-0.2, -0.15) is 11.3 Å². The number of thiophene rings is 1. The summed E-state index contributed by atoms with van der Waals surface area (Å²) in [6.45, 7) is 16.9. The summed E-state index contributed by atoms with van der Waals surface area (Å²) < 4.78 is 25.6. The van der Waals surface area contributed by atoms with E-state index in [1.54, 1.807) is 11.3 Å². The molecule has 0 atom stereocenters. The Morgan fingerprint density at radius 3 is 2.16 bits per heavy atom. The van der Waals surface area contributed by atoms with Crippen LogP contribution in [0.25, 0.3) is 53.8 Å². The number of hydrogen-bond acceptors (Lipinski definition) is 3. The summed E-state index contributed by atoms with van der Waals surface area (Å²) in [5, 5.41) is 3.70. The number of aryl methyl sites for hydroxylation is 3. The molecule has 2 nitrogen and oxygen atoms in total. The van der Waals surface area contributed by atoms with Crippen molar-refractivity contribution in [1.82, 2.24) is 9.97 Å². The van der Waals surface area contributed by atoms with E-state index in [0.29, 0.717) is 5.56 Å². The van der Waals surface area contributed by atoms with E-state index in [-0.39, 0.29) is 25.9 Å². The molecule has 3 aromatic heterocycles. The van der Waals surface area contributed by atoms with Gasteiger partial charge in [0.2, 0.25) is 0 Å². The zero-order chi connectivity index (χ0) is 35.1. The van der Waals surface area contributed by atoms with E-state index in [9.17, 15) is 4.39 Å². The van der Waals surface area contributed by atoms with Crippen LogP contribution in [-0.4, -0.2) is 18.0 Å². The van der Waals surface area contributed by atoms with E-state index in [4.69, 9.17) is 1.37 Å². The van der Waals surface area contributed by atoms with Crippen LogP contribution in [0.3, 0.4) is 0 Å². The van der Waals surface area contributed by atoms with Gasteiger partial charge in [-0.25, -0.2) is 4.39 Å². The molecule has 0 aliphatic carbocycles. The Kier molecular flexibility index (Phi) is 10.7. The first-order valence-corrected chi connectivity index (χ1v) is 20.6. The van der Waals surface area contributed by atoms with E-state index in [0.717, 1.165) is 49.5 Å². The standard InChI is InChI=1S/C26H19FNS.C17H22NSi.Ir/c1-15-11-16(2)25(17(3)12-15)21-13-23(28-14-22(21)27)20-9-6-8-19-18-7-4-5-10-24(18)29-26(19)20;1-13(2)15-11-16(14-9-7-6-8-10-14)18-12-17(15)19(3,4)5;/h4-8,10-14H,1-3H3;6-9,11-13H,1-5H3;/q2*-1;/i;13D;. The van der Waals surface area contributed by atoms with Crippen LogP contribution in [0.2, 0.25) is 19.6 Å². The smallest absolute Gasteiger partial charge is 0.147 e. The predicted octanol–water partition coefficient (Wildman–Crippen LogP) is 11.9. The number of rotatable bonds is 5. The first kappa shape index (κ1) is 35.0. The van der Waals surface area contributed by atoms with Crippen molar-refractivity contribution < 1.29 is 25.9 Å². The van der Waals surface area contributed by atoms with Crippen molar-refractivity contribution >= 4 is 44.8 Å². The number of aromatic nitrogens is 2. The summed E-state index contributed by atoms with van der Waals surface area (Å²) in [7, 11) is -1.50. The maximum atomic E-state index is 14.8. The normalized spacial score (nSPS) is 11.9. The molecule has 7 rings (SSSR count). The van der Waals surface area contributed by atoms with Crippen LogP contribution in [0.1, 0.15) is 43.4 Å². The average molecular weight is 858 g/mol. The average Bonchev–Trinajstić information content (AvgIpc) is 3.44. The Balaban J connectivity index is 0.000000204. The van der Waals surface area contributed by atoms with Crippen molar-refractivity contribution in [3.8, 4) is 33.6 Å². The fraction of sp³-hybridized carbons (Fsp3) is 0.209. The molecule has 3 heterocycles. The molecular weight excluding hydrogens is 816 g/mol.